The number of rotatable bonds is 2. The first kappa shape index (κ1) is 14.0. The van der Waals surface area contributed by atoms with Gasteiger partial charge in [0.05, 0.1) is 17.2 Å². The van der Waals surface area contributed by atoms with E-state index in [2.05, 4.69) is 9.97 Å². The number of para-hydroxylation sites is 1. The Labute approximate surface area is 136 Å². The van der Waals surface area contributed by atoms with Crippen molar-refractivity contribution in [2.75, 3.05) is 6.26 Å². The fourth-order valence-electron chi connectivity index (χ4n) is 2.76. The molecule has 0 bridgehead atoms. The van der Waals surface area contributed by atoms with Crippen LogP contribution in [0.15, 0.2) is 70.7 Å². The van der Waals surface area contributed by atoms with Crippen LogP contribution in [0.25, 0.3) is 27.5 Å². The fraction of sp³-hybridized carbons (Fsp3) is 0.0556. The third-order valence-electron chi connectivity index (χ3n) is 3.80. The van der Waals surface area contributed by atoms with Crippen LogP contribution in [0.5, 0.6) is 0 Å². The summed E-state index contributed by atoms with van der Waals surface area (Å²) in [4.78, 5) is 22.0. The Kier molecular flexibility index (Phi) is 3.35. The van der Waals surface area contributed by atoms with Gasteiger partial charge in [0.1, 0.15) is 0 Å². The van der Waals surface area contributed by atoms with Crippen LogP contribution in [0, 0.1) is 0 Å². The van der Waals surface area contributed by atoms with Gasteiger partial charge in [0.25, 0.3) is 5.56 Å². The SMILES string of the molecule is CSc1ncc2c(n1)c1ccccc1c(=O)n2-c1ccccc1. The number of benzene rings is 2. The minimum atomic E-state index is -0.0557. The summed E-state index contributed by atoms with van der Waals surface area (Å²) in [5, 5.41) is 2.22. The van der Waals surface area contributed by atoms with Crippen LogP contribution < -0.4 is 5.56 Å². The summed E-state index contributed by atoms with van der Waals surface area (Å²) in [6.45, 7) is 0. The summed E-state index contributed by atoms with van der Waals surface area (Å²) in [7, 11) is 0. The predicted molar refractivity (Wildman–Crippen MR) is 94.4 cm³/mol. The molecule has 0 aliphatic rings. The summed E-state index contributed by atoms with van der Waals surface area (Å²) in [5.41, 5.74) is 2.27. The predicted octanol–water partition coefficient (Wildman–Crippen LogP) is 3.66. The Morgan fingerprint density at radius 3 is 2.39 bits per heavy atom. The number of hydrogen-bond acceptors (Lipinski definition) is 4. The van der Waals surface area contributed by atoms with Crippen LogP contribution >= 0.6 is 11.8 Å². The van der Waals surface area contributed by atoms with E-state index < -0.39 is 0 Å². The van der Waals surface area contributed by atoms with Gasteiger partial charge in [0, 0.05) is 16.5 Å². The van der Waals surface area contributed by atoms with E-state index in [4.69, 9.17) is 0 Å². The average Bonchev–Trinajstić information content (AvgIpc) is 2.63. The summed E-state index contributed by atoms with van der Waals surface area (Å²) in [6, 6.07) is 17.2. The highest BCUT2D eigenvalue weighted by atomic mass is 32.2. The van der Waals surface area contributed by atoms with E-state index in [9.17, 15) is 4.79 Å². The number of pyridine rings is 1. The van der Waals surface area contributed by atoms with E-state index in [1.807, 2.05) is 60.9 Å². The van der Waals surface area contributed by atoms with Crippen LogP contribution in [-0.2, 0) is 0 Å². The highest BCUT2D eigenvalue weighted by Gasteiger charge is 2.13. The molecule has 112 valence electrons. The number of nitrogens with zero attached hydrogens (tertiary/aromatic N) is 3. The minimum absolute atomic E-state index is 0.0557. The molecule has 4 aromatic rings. The second kappa shape index (κ2) is 5.52. The Morgan fingerprint density at radius 1 is 0.957 bits per heavy atom. The van der Waals surface area contributed by atoms with E-state index in [1.54, 1.807) is 10.8 Å². The second-order valence-corrected chi connectivity index (χ2v) is 5.89. The molecule has 0 saturated carbocycles. The molecule has 2 aromatic carbocycles. The van der Waals surface area contributed by atoms with Crippen LogP contribution in [0.2, 0.25) is 0 Å². The molecule has 0 radical (unpaired) electrons. The monoisotopic (exact) mass is 319 g/mol. The molecule has 0 unspecified atom stereocenters. The van der Waals surface area contributed by atoms with E-state index in [1.165, 1.54) is 11.8 Å². The summed E-state index contributed by atoms with van der Waals surface area (Å²) in [6.07, 6.45) is 3.67. The van der Waals surface area contributed by atoms with Crippen molar-refractivity contribution in [3.63, 3.8) is 0 Å². The Hall–Kier alpha value is -2.66. The van der Waals surface area contributed by atoms with E-state index >= 15 is 0 Å². The number of aromatic nitrogens is 3. The molecule has 0 spiro atoms. The molecule has 0 N–H and O–H groups in total. The van der Waals surface area contributed by atoms with E-state index in [-0.39, 0.29) is 5.56 Å². The summed E-state index contributed by atoms with van der Waals surface area (Å²) in [5.74, 6) is 0. The maximum absolute atomic E-state index is 13.0. The van der Waals surface area contributed by atoms with Crippen molar-refractivity contribution in [2.24, 2.45) is 0 Å². The van der Waals surface area contributed by atoms with Gasteiger partial charge in [0.2, 0.25) is 0 Å². The van der Waals surface area contributed by atoms with Gasteiger partial charge in [-0.05, 0) is 24.5 Å². The van der Waals surface area contributed by atoms with Gasteiger partial charge < -0.3 is 0 Å². The Morgan fingerprint density at radius 2 is 1.65 bits per heavy atom. The molecule has 4 rings (SSSR count). The molecule has 2 aromatic heterocycles. The van der Waals surface area contributed by atoms with E-state index in [0.717, 1.165) is 22.1 Å². The quantitative estimate of drug-likeness (QED) is 0.321. The first-order valence-corrected chi connectivity index (χ1v) is 8.42. The smallest absolute Gasteiger partial charge is 0.263 e. The lowest BCUT2D eigenvalue weighted by Gasteiger charge is -2.12. The van der Waals surface area contributed by atoms with Crippen LogP contribution in [0.3, 0.4) is 0 Å². The van der Waals surface area contributed by atoms with Crippen molar-refractivity contribution < 1.29 is 0 Å². The lowest BCUT2D eigenvalue weighted by molar-refractivity contribution is 0.974. The zero-order valence-corrected chi connectivity index (χ0v) is 13.2. The largest absolute Gasteiger partial charge is 0.273 e. The molecule has 23 heavy (non-hydrogen) atoms. The summed E-state index contributed by atoms with van der Waals surface area (Å²) < 4.78 is 1.68. The van der Waals surface area contributed by atoms with Gasteiger partial charge in [-0.3, -0.25) is 9.36 Å². The zero-order chi connectivity index (χ0) is 15.8. The van der Waals surface area contributed by atoms with Crippen LogP contribution in [0.1, 0.15) is 0 Å². The first-order chi connectivity index (χ1) is 11.3. The van der Waals surface area contributed by atoms with Crippen molar-refractivity contribution >= 4 is 33.6 Å². The fourth-order valence-corrected chi connectivity index (χ4v) is 3.10. The van der Waals surface area contributed by atoms with Gasteiger partial charge in [-0.15, -0.1) is 0 Å². The molecule has 2 heterocycles. The third kappa shape index (κ3) is 2.21. The van der Waals surface area contributed by atoms with Crippen molar-refractivity contribution in [1.29, 1.82) is 0 Å². The van der Waals surface area contributed by atoms with Crippen molar-refractivity contribution in [1.82, 2.24) is 14.5 Å². The topological polar surface area (TPSA) is 47.8 Å². The molecule has 0 fully saturated rings. The first-order valence-electron chi connectivity index (χ1n) is 7.19. The standard InChI is InChI=1S/C18H13N3OS/c1-23-18-19-11-15-16(20-18)13-9-5-6-10-14(13)17(22)21(15)12-7-3-2-4-8-12/h2-11H,1H3. The third-order valence-corrected chi connectivity index (χ3v) is 4.36. The maximum atomic E-state index is 13.0. The molecule has 0 saturated heterocycles. The van der Waals surface area contributed by atoms with Crippen molar-refractivity contribution in [3.8, 4) is 5.69 Å². The lowest BCUT2D eigenvalue weighted by Crippen LogP contribution is -2.19. The Bertz CT molecular complexity index is 1070. The molecule has 0 amide bonds. The zero-order valence-electron chi connectivity index (χ0n) is 12.4. The summed E-state index contributed by atoms with van der Waals surface area (Å²) >= 11 is 1.49. The molecule has 4 nitrogen and oxygen atoms in total. The molecule has 0 aliphatic heterocycles. The molecule has 0 atom stereocenters. The highest BCUT2D eigenvalue weighted by Crippen LogP contribution is 2.24. The molecule has 5 heteroatoms. The van der Waals surface area contributed by atoms with Gasteiger partial charge in [0.15, 0.2) is 5.16 Å². The van der Waals surface area contributed by atoms with Crippen molar-refractivity contribution in [3.05, 3.63) is 71.1 Å². The lowest BCUT2D eigenvalue weighted by atomic mass is 10.1. The van der Waals surface area contributed by atoms with Crippen LogP contribution in [-0.4, -0.2) is 20.8 Å². The van der Waals surface area contributed by atoms with Gasteiger partial charge in [-0.25, -0.2) is 9.97 Å². The number of fused-ring (bicyclic) bond motifs is 3. The van der Waals surface area contributed by atoms with Crippen LogP contribution in [0.4, 0.5) is 0 Å². The number of hydrogen-bond donors (Lipinski definition) is 0. The average molecular weight is 319 g/mol. The van der Waals surface area contributed by atoms with Gasteiger partial charge >= 0.3 is 0 Å². The van der Waals surface area contributed by atoms with Gasteiger partial charge in [-0.1, -0.05) is 48.2 Å². The molecular formula is C18H13N3OS. The second-order valence-electron chi connectivity index (χ2n) is 5.11. The molecular weight excluding hydrogens is 306 g/mol. The van der Waals surface area contributed by atoms with E-state index in [0.29, 0.717) is 10.5 Å². The van der Waals surface area contributed by atoms with Gasteiger partial charge in [-0.2, -0.15) is 0 Å². The maximum Gasteiger partial charge on any atom is 0.263 e. The number of thioether (sulfide) groups is 1. The molecule has 0 aliphatic carbocycles. The van der Waals surface area contributed by atoms with Crippen molar-refractivity contribution in [2.45, 2.75) is 5.16 Å². The minimum Gasteiger partial charge on any atom is -0.273 e. The Balaban J connectivity index is 2.24. The highest BCUT2D eigenvalue weighted by molar-refractivity contribution is 7.98. The normalized spacial score (nSPS) is 11.2.